The number of hydrogen-bond acceptors (Lipinski definition) is 3. The van der Waals surface area contributed by atoms with Crippen LogP contribution in [0.3, 0.4) is 0 Å². The standard InChI is InChI=1S/C23H30N2O2.ClH/c26-23(27)20-11-10-17-24(19-20)16-8-3-9-18-25(21-12-4-1-5-13-21)22-14-6-2-7-15-22;/h1-2,4-7,12-15,20H,3,8-11,16-19H2,(H,26,27);1H. The third-order valence-corrected chi connectivity index (χ3v) is 5.35. The molecule has 1 fully saturated rings. The molecule has 0 bridgehead atoms. The van der Waals surface area contributed by atoms with Crippen molar-refractivity contribution in [3.63, 3.8) is 0 Å². The van der Waals surface area contributed by atoms with Crippen LogP contribution in [0.1, 0.15) is 32.1 Å². The number of hydrogen-bond donors (Lipinski definition) is 1. The minimum absolute atomic E-state index is 0. The molecule has 28 heavy (non-hydrogen) atoms. The Labute approximate surface area is 174 Å². The minimum atomic E-state index is -0.638. The largest absolute Gasteiger partial charge is 0.481 e. The van der Waals surface area contributed by atoms with Crippen LogP contribution >= 0.6 is 12.4 Å². The summed E-state index contributed by atoms with van der Waals surface area (Å²) in [4.78, 5) is 15.9. The van der Waals surface area contributed by atoms with Gasteiger partial charge in [0.1, 0.15) is 0 Å². The van der Waals surface area contributed by atoms with Crippen molar-refractivity contribution in [2.45, 2.75) is 32.1 Å². The first-order chi connectivity index (χ1) is 13.2. The van der Waals surface area contributed by atoms with E-state index in [9.17, 15) is 9.90 Å². The molecule has 1 atom stereocenters. The van der Waals surface area contributed by atoms with Gasteiger partial charge in [-0.05, 0) is 63.0 Å². The van der Waals surface area contributed by atoms with Gasteiger partial charge in [0.05, 0.1) is 5.92 Å². The second-order valence-electron chi connectivity index (χ2n) is 7.36. The van der Waals surface area contributed by atoms with Crippen molar-refractivity contribution < 1.29 is 9.90 Å². The lowest BCUT2D eigenvalue weighted by molar-refractivity contribution is -0.143. The van der Waals surface area contributed by atoms with Crippen LogP contribution < -0.4 is 4.90 Å². The number of anilines is 2. The molecule has 0 aromatic heterocycles. The van der Waals surface area contributed by atoms with E-state index in [1.165, 1.54) is 11.4 Å². The smallest absolute Gasteiger partial charge is 0.307 e. The Morgan fingerprint density at radius 2 is 1.57 bits per heavy atom. The number of carboxylic acids is 1. The van der Waals surface area contributed by atoms with Gasteiger partial charge in [-0.15, -0.1) is 12.4 Å². The molecule has 1 saturated heterocycles. The summed E-state index contributed by atoms with van der Waals surface area (Å²) >= 11 is 0. The van der Waals surface area contributed by atoms with Crippen LogP contribution in [0.5, 0.6) is 0 Å². The molecule has 3 rings (SSSR count). The molecular formula is C23H31ClN2O2. The van der Waals surface area contributed by atoms with Crippen molar-refractivity contribution in [3.05, 3.63) is 60.7 Å². The summed E-state index contributed by atoms with van der Waals surface area (Å²) in [7, 11) is 0. The molecule has 1 heterocycles. The number of halogens is 1. The van der Waals surface area contributed by atoms with Gasteiger partial charge in [-0.2, -0.15) is 0 Å². The number of rotatable bonds is 9. The van der Waals surface area contributed by atoms with E-state index in [-0.39, 0.29) is 18.3 Å². The van der Waals surface area contributed by atoms with Crippen molar-refractivity contribution >= 4 is 29.8 Å². The molecule has 4 nitrogen and oxygen atoms in total. The first kappa shape index (κ1) is 22.3. The Bertz CT molecular complexity index is 657. The SMILES string of the molecule is Cl.O=C(O)C1CCCN(CCCCCN(c2ccccc2)c2ccccc2)C1. The minimum Gasteiger partial charge on any atom is -0.481 e. The zero-order valence-electron chi connectivity index (χ0n) is 16.4. The van der Waals surface area contributed by atoms with Crippen LogP contribution in [-0.2, 0) is 4.79 Å². The molecule has 0 amide bonds. The molecule has 1 unspecified atom stereocenters. The van der Waals surface area contributed by atoms with Crippen LogP contribution in [0, 0.1) is 5.92 Å². The topological polar surface area (TPSA) is 43.8 Å². The third kappa shape index (κ3) is 6.54. The maximum atomic E-state index is 11.2. The molecule has 2 aromatic carbocycles. The summed E-state index contributed by atoms with van der Waals surface area (Å²) in [5, 5.41) is 9.21. The van der Waals surface area contributed by atoms with Gasteiger partial charge in [0.15, 0.2) is 0 Å². The number of carbonyl (C=O) groups is 1. The maximum Gasteiger partial charge on any atom is 0.307 e. The fraction of sp³-hybridized carbons (Fsp3) is 0.435. The van der Waals surface area contributed by atoms with Gasteiger partial charge >= 0.3 is 5.97 Å². The average Bonchev–Trinajstić information content (AvgIpc) is 2.72. The number of para-hydroxylation sites is 2. The number of unbranched alkanes of at least 4 members (excludes halogenated alkanes) is 2. The van der Waals surface area contributed by atoms with Crippen LogP contribution in [0.15, 0.2) is 60.7 Å². The molecule has 1 aliphatic heterocycles. The fourth-order valence-corrected chi connectivity index (χ4v) is 3.87. The lowest BCUT2D eigenvalue weighted by Gasteiger charge is -2.30. The van der Waals surface area contributed by atoms with E-state index in [1.807, 2.05) is 0 Å². The van der Waals surface area contributed by atoms with E-state index in [0.29, 0.717) is 0 Å². The summed E-state index contributed by atoms with van der Waals surface area (Å²) in [6.07, 6.45) is 5.25. The van der Waals surface area contributed by atoms with Crippen LogP contribution in [0.2, 0.25) is 0 Å². The number of aliphatic carboxylic acids is 1. The molecule has 2 aromatic rings. The second kappa shape index (κ2) is 11.7. The quantitative estimate of drug-likeness (QED) is 0.584. The molecular weight excluding hydrogens is 372 g/mol. The Balaban J connectivity index is 0.00000280. The van der Waals surface area contributed by atoms with E-state index < -0.39 is 5.97 Å². The fourth-order valence-electron chi connectivity index (χ4n) is 3.87. The van der Waals surface area contributed by atoms with Crippen LogP contribution in [0.4, 0.5) is 11.4 Å². The highest BCUT2D eigenvalue weighted by Gasteiger charge is 2.24. The van der Waals surface area contributed by atoms with Gasteiger partial charge < -0.3 is 14.9 Å². The highest BCUT2D eigenvalue weighted by Crippen LogP contribution is 2.25. The van der Waals surface area contributed by atoms with Gasteiger partial charge in [-0.25, -0.2) is 0 Å². The average molecular weight is 403 g/mol. The molecule has 152 valence electrons. The van der Waals surface area contributed by atoms with Gasteiger partial charge in [0.2, 0.25) is 0 Å². The molecule has 0 radical (unpaired) electrons. The number of piperidine rings is 1. The predicted molar refractivity (Wildman–Crippen MR) is 118 cm³/mol. The Morgan fingerprint density at radius 3 is 2.14 bits per heavy atom. The monoisotopic (exact) mass is 402 g/mol. The first-order valence-electron chi connectivity index (χ1n) is 10.1. The summed E-state index contributed by atoms with van der Waals surface area (Å²) in [5.41, 5.74) is 2.45. The predicted octanol–water partition coefficient (Wildman–Crippen LogP) is 5.21. The second-order valence-corrected chi connectivity index (χ2v) is 7.36. The molecule has 1 N–H and O–H groups in total. The summed E-state index contributed by atoms with van der Waals surface area (Å²) in [6, 6.07) is 21.1. The molecule has 5 heteroatoms. The zero-order valence-corrected chi connectivity index (χ0v) is 17.2. The number of carboxylic acid groups (broad SMARTS) is 1. The highest BCUT2D eigenvalue weighted by atomic mass is 35.5. The van der Waals surface area contributed by atoms with Crippen molar-refractivity contribution in [2.24, 2.45) is 5.92 Å². The normalized spacial score (nSPS) is 16.9. The number of benzene rings is 2. The van der Waals surface area contributed by atoms with Crippen molar-refractivity contribution in [3.8, 4) is 0 Å². The lowest BCUT2D eigenvalue weighted by atomic mass is 9.98. The van der Waals surface area contributed by atoms with Crippen molar-refractivity contribution in [1.29, 1.82) is 0 Å². The first-order valence-corrected chi connectivity index (χ1v) is 10.1. The Morgan fingerprint density at radius 1 is 0.964 bits per heavy atom. The van der Waals surface area contributed by atoms with E-state index in [2.05, 4.69) is 70.5 Å². The molecule has 0 saturated carbocycles. The zero-order chi connectivity index (χ0) is 18.9. The third-order valence-electron chi connectivity index (χ3n) is 5.35. The lowest BCUT2D eigenvalue weighted by Crippen LogP contribution is -2.39. The maximum absolute atomic E-state index is 11.2. The van der Waals surface area contributed by atoms with E-state index >= 15 is 0 Å². The van der Waals surface area contributed by atoms with Gasteiger partial charge in [-0.3, -0.25) is 4.79 Å². The van der Waals surface area contributed by atoms with Crippen LogP contribution in [-0.4, -0.2) is 42.2 Å². The van der Waals surface area contributed by atoms with E-state index in [4.69, 9.17) is 0 Å². The highest BCUT2D eigenvalue weighted by molar-refractivity contribution is 5.85. The van der Waals surface area contributed by atoms with Gasteiger partial charge in [0, 0.05) is 24.5 Å². The van der Waals surface area contributed by atoms with Crippen LogP contribution in [0.25, 0.3) is 0 Å². The summed E-state index contributed by atoms with van der Waals surface area (Å²) in [6.45, 7) is 3.77. The number of nitrogens with zero attached hydrogens (tertiary/aromatic N) is 2. The summed E-state index contributed by atoms with van der Waals surface area (Å²) < 4.78 is 0. The molecule has 1 aliphatic rings. The molecule has 0 aliphatic carbocycles. The number of likely N-dealkylation sites (tertiary alicyclic amines) is 1. The van der Waals surface area contributed by atoms with Gasteiger partial charge in [0.25, 0.3) is 0 Å². The van der Waals surface area contributed by atoms with Crippen molar-refractivity contribution in [2.75, 3.05) is 31.1 Å². The Hall–Kier alpha value is -2.04. The molecule has 0 spiro atoms. The Kier molecular flexibility index (Phi) is 9.32. The van der Waals surface area contributed by atoms with Crippen molar-refractivity contribution in [1.82, 2.24) is 4.90 Å². The summed E-state index contributed by atoms with van der Waals surface area (Å²) in [5.74, 6) is -0.813. The van der Waals surface area contributed by atoms with E-state index in [1.54, 1.807) is 0 Å². The van der Waals surface area contributed by atoms with E-state index in [0.717, 1.165) is 58.3 Å². The van der Waals surface area contributed by atoms with Gasteiger partial charge in [-0.1, -0.05) is 42.8 Å².